The molecule has 0 unspecified atom stereocenters. The van der Waals surface area contributed by atoms with E-state index in [0.717, 1.165) is 51.6 Å². The van der Waals surface area contributed by atoms with Crippen LogP contribution in [0.3, 0.4) is 0 Å². The maximum absolute atomic E-state index is 11.3. The maximum atomic E-state index is 11.3. The summed E-state index contributed by atoms with van der Waals surface area (Å²) in [6.45, 7) is 11.8. The van der Waals surface area contributed by atoms with Gasteiger partial charge < -0.3 is 14.7 Å². The largest absolute Gasteiger partial charge is 0.481 e. The SMILES string of the molecule is CC1=CC(C)(C)N(CCCS(=O)(=O)O)c2cc3c(cc21)C=C1C(=CC(=[N+](C)CCCC(=O)O)CC1(C)C)O3. The second-order valence-corrected chi connectivity index (χ2v) is 13.4. The Hall–Kier alpha value is -2.91. The van der Waals surface area contributed by atoms with Gasteiger partial charge >= 0.3 is 5.97 Å². The Bertz CT molecular complexity index is 1400. The van der Waals surface area contributed by atoms with E-state index in [4.69, 9.17) is 9.84 Å². The highest BCUT2D eigenvalue weighted by Crippen LogP contribution is 2.49. The summed E-state index contributed by atoms with van der Waals surface area (Å²) in [6.07, 6.45) is 8.33. The fourth-order valence-corrected chi connectivity index (χ4v) is 6.27. The average molecular weight is 544 g/mol. The number of nitrogens with zero attached hydrogens (tertiary/aromatic N) is 2. The smallest absolute Gasteiger partial charge is 0.303 e. The molecule has 1 aliphatic carbocycles. The van der Waals surface area contributed by atoms with E-state index in [-0.39, 0.29) is 23.1 Å². The Kier molecular flexibility index (Phi) is 7.40. The van der Waals surface area contributed by atoms with Crippen LogP contribution in [0.4, 0.5) is 5.69 Å². The van der Waals surface area contributed by atoms with Gasteiger partial charge in [0.2, 0.25) is 0 Å². The Balaban J connectivity index is 1.72. The van der Waals surface area contributed by atoms with E-state index in [1.54, 1.807) is 0 Å². The Morgan fingerprint density at radius 3 is 2.53 bits per heavy atom. The quantitative estimate of drug-likeness (QED) is 0.351. The number of carbonyl (C=O) groups is 1. The number of carboxylic acids is 1. The van der Waals surface area contributed by atoms with Crippen LogP contribution < -0.4 is 9.64 Å². The molecule has 1 aromatic rings. The van der Waals surface area contributed by atoms with Crippen molar-refractivity contribution in [1.82, 2.24) is 0 Å². The number of ether oxygens (including phenoxy) is 1. The minimum absolute atomic E-state index is 0.142. The van der Waals surface area contributed by atoms with Gasteiger partial charge in [0, 0.05) is 59.3 Å². The Labute approximate surface area is 225 Å². The van der Waals surface area contributed by atoms with Crippen molar-refractivity contribution in [2.24, 2.45) is 5.41 Å². The lowest BCUT2D eigenvalue weighted by Gasteiger charge is -2.44. The molecule has 2 N–H and O–H groups in total. The normalized spacial score (nSPS) is 20.7. The molecular weight excluding hydrogens is 504 g/mol. The summed E-state index contributed by atoms with van der Waals surface area (Å²) < 4.78 is 40.6. The van der Waals surface area contributed by atoms with Crippen molar-refractivity contribution in [1.29, 1.82) is 0 Å². The lowest BCUT2D eigenvalue weighted by molar-refractivity contribution is -0.498. The second-order valence-electron chi connectivity index (χ2n) is 11.8. The van der Waals surface area contributed by atoms with Crippen molar-refractivity contribution >= 4 is 39.1 Å². The number of carboxylic acid groups (broad SMARTS) is 1. The van der Waals surface area contributed by atoms with Crippen LogP contribution in [-0.4, -0.2) is 65.8 Å². The standard InChI is InChI=1S/C29H38N2O6S/c1-19-17-29(4,5)31(11-8-12-38(34,35)36)24-16-25-20(13-22(19)24)14-23-26(37-25)15-21(18-28(23,2)3)30(6)10-7-9-27(32)33/h13-17H,7-12,18H2,1-6H3,(H-,32,33,34,35,36)/p+1. The Morgan fingerprint density at radius 2 is 1.87 bits per heavy atom. The highest BCUT2D eigenvalue weighted by atomic mass is 32.2. The number of aliphatic carboxylic acids is 1. The van der Waals surface area contributed by atoms with Crippen LogP contribution in [0.1, 0.15) is 71.4 Å². The molecule has 3 aliphatic rings. The molecule has 2 heterocycles. The van der Waals surface area contributed by atoms with Crippen molar-refractivity contribution in [3.63, 3.8) is 0 Å². The van der Waals surface area contributed by atoms with Crippen molar-refractivity contribution < 1.29 is 32.2 Å². The zero-order chi connectivity index (χ0) is 28.0. The molecule has 0 saturated carbocycles. The van der Waals surface area contributed by atoms with Gasteiger partial charge in [-0.15, -0.1) is 0 Å². The fraction of sp³-hybridized carbons (Fsp3) is 0.517. The third-order valence-corrected chi connectivity index (χ3v) is 8.51. The van der Waals surface area contributed by atoms with E-state index >= 15 is 0 Å². The summed E-state index contributed by atoms with van der Waals surface area (Å²) in [5, 5.41) is 8.99. The topological polar surface area (TPSA) is 107 Å². The summed E-state index contributed by atoms with van der Waals surface area (Å²) in [7, 11) is -2.04. The Morgan fingerprint density at radius 1 is 1.16 bits per heavy atom. The van der Waals surface area contributed by atoms with Crippen molar-refractivity contribution in [3.05, 3.63) is 46.7 Å². The van der Waals surface area contributed by atoms with E-state index < -0.39 is 16.1 Å². The molecule has 0 fully saturated rings. The van der Waals surface area contributed by atoms with Crippen molar-refractivity contribution in [2.75, 3.05) is 30.8 Å². The molecule has 9 heteroatoms. The van der Waals surface area contributed by atoms with Crippen LogP contribution in [0.15, 0.2) is 35.6 Å². The second kappa shape index (κ2) is 10.0. The van der Waals surface area contributed by atoms with Gasteiger partial charge in [-0.2, -0.15) is 8.42 Å². The molecule has 8 nitrogen and oxygen atoms in total. The molecule has 0 amide bonds. The molecule has 0 saturated heterocycles. The summed E-state index contributed by atoms with van der Waals surface area (Å²) >= 11 is 0. The van der Waals surface area contributed by atoms with Gasteiger partial charge in [0.1, 0.15) is 25.1 Å². The first-order valence-electron chi connectivity index (χ1n) is 13.1. The van der Waals surface area contributed by atoms with Crippen LogP contribution in [0, 0.1) is 5.41 Å². The monoisotopic (exact) mass is 543 g/mol. The van der Waals surface area contributed by atoms with Crippen molar-refractivity contribution in [3.8, 4) is 5.75 Å². The number of anilines is 1. The predicted molar refractivity (Wildman–Crippen MR) is 151 cm³/mol. The van der Waals surface area contributed by atoms with Gasteiger partial charge in [-0.25, -0.2) is 4.58 Å². The van der Waals surface area contributed by atoms with Crippen molar-refractivity contribution in [2.45, 2.75) is 65.8 Å². The number of benzene rings is 1. The van der Waals surface area contributed by atoms with E-state index in [9.17, 15) is 17.8 Å². The fourth-order valence-electron chi connectivity index (χ4n) is 5.78. The molecule has 2 aliphatic heterocycles. The van der Waals surface area contributed by atoms with Gasteiger partial charge in [-0.05, 0) is 44.9 Å². The summed E-state index contributed by atoms with van der Waals surface area (Å²) in [5.41, 5.74) is 5.96. The van der Waals surface area contributed by atoms with Gasteiger partial charge in [-0.3, -0.25) is 9.35 Å². The predicted octanol–water partition coefficient (Wildman–Crippen LogP) is 5.00. The van der Waals surface area contributed by atoms with Gasteiger partial charge in [0.15, 0.2) is 5.71 Å². The molecule has 0 bridgehead atoms. The van der Waals surface area contributed by atoms with Crippen LogP contribution in [0.25, 0.3) is 11.6 Å². The minimum Gasteiger partial charge on any atom is -0.481 e. The molecule has 4 rings (SSSR count). The summed E-state index contributed by atoms with van der Waals surface area (Å²) in [6, 6.07) is 4.20. The molecule has 1 aromatic carbocycles. The lowest BCUT2D eigenvalue weighted by atomic mass is 9.73. The molecular formula is C29H39N2O6S+. The lowest BCUT2D eigenvalue weighted by Crippen LogP contribution is -2.46. The van der Waals surface area contributed by atoms with E-state index in [1.165, 1.54) is 0 Å². The van der Waals surface area contributed by atoms with E-state index in [0.29, 0.717) is 25.9 Å². The molecule has 0 spiro atoms. The molecule has 206 valence electrons. The first-order valence-corrected chi connectivity index (χ1v) is 14.7. The van der Waals surface area contributed by atoms with Gasteiger partial charge in [0.25, 0.3) is 10.1 Å². The number of fused-ring (bicyclic) bond motifs is 3. The average Bonchev–Trinajstić information content (AvgIpc) is 2.77. The zero-order valence-electron chi connectivity index (χ0n) is 23.2. The number of allylic oxidation sites excluding steroid dienone is 3. The van der Waals surface area contributed by atoms with Gasteiger partial charge in [-0.1, -0.05) is 19.9 Å². The van der Waals surface area contributed by atoms with E-state index in [2.05, 4.69) is 68.4 Å². The van der Waals surface area contributed by atoms with Crippen LogP contribution in [0.5, 0.6) is 5.75 Å². The van der Waals surface area contributed by atoms with Gasteiger partial charge in [0.05, 0.1) is 17.7 Å². The first-order chi connectivity index (χ1) is 17.6. The number of rotatable bonds is 8. The molecule has 0 atom stereocenters. The van der Waals surface area contributed by atoms with Crippen LogP contribution in [-0.2, 0) is 14.9 Å². The minimum atomic E-state index is -4.03. The first kappa shape index (κ1) is 28.1. The highest BCUT2D eigenvalue weighted by Gasteiger charge is 2.39. The number of hydrogen-bond acceptors (Lipinski definition) is 5. The molecule has 38 heavy (non-hydrogen) atoms. The zero-order valence-corrected chi connectivity index (χ0v) is 24.0. The van der Waals surface area contributed by atoms with Crippen LogP contribution >= 0.6 is 0 Å². The third kappa shape index (κ3) is 5.89. The maximum Gasteiger partial charge on any atom is 0.303 e. The summed E-state index contributed by atoms with van der Waals surface area (Å²) in [5.74, 6) is 0.474. The highest BCUT2D eigenvalue weighted by molar-refractivity contribution is 7.85. The van der Waals surface area contributed by atoms with E-state index in [1.807, 2.05) is 13.1 Å². The number of hydrogen-bond donors (Lipinski definition) is 2. The summed E-state index contributed by atoms with van der Waals surface area (Å²) in [4.78, 5) is 13.1. The third-order valence-electron chi connectivity index (χ3n) is 7.70. The molecule has 0 aromatic heterocycles. The molecule has 0 radical (unpaired) electrons. The van der Waals surface area contributed by atoms with Crippen LogP contribution in [0.2, 0.25) is 0 Å².